The van der Waals surface area contributed by atoms with Crippen LogP contribution in [0.15, 0.2) is 18.2 Å². The lowest BCUT2D eigenvalue weighted by Crippen LogP contribution is -2.21. The first-order valence-corrected chi connectivity index (χ1v) is 5.45. The molecule has 1 N–H and O–H groups in total. The van der Waals surface area contributed by atoms with Crippen LogP contribution >= 0.6 is 0 Å². The molecule has 2 heteroatoms. The lowest BCUT2D eigenvalue weighted by molar-refractivity contribution is 0.321. The van der Waals surface area contributed by atoms with Crippen molar-refractivity contribution < 1.29 is 4.74 Å². The van der Waals surface area contributed by atoms with Crippen LogP contribution in [0.2, 0.25) is 0 Å². The number of para-hydroxylation sites is 1. The molecule has 0 bridgehead atoms. The minimum absolute atomic E-state index is 0.777. The molecule has 1 aliphatic carbocycles. The van der Waals surface area contributed by atoms with Gasteiger partial charge >= 0.3 is 0 Å². The SMILES string of the molecule is c1cc2c(c(C3CCC3)c1)NCCO2. The maximum absolute atomic E-state index is 5.62. The van der Waals surface area contributed by atoms with Crippen LogP contribution in [0, 0.1) is 0 Å². The van der Waals surface area contributed by atoms with E-state index in [1.54, 1.807) is 0 Å². The van der Waals surface area contributed by atoms with E-state index < -0.39 is 0 Å². The van der Waals surface area contributed by atoms with E-state index in [1.165, 1.54) is 30.5 Å². The van der Waals surface area contributed by atoms with Gasteiger partial charge in [0.25, 0.3) is 0 Å². The van der Waals surface area contributed by atoms with E-state index in [2.05, 4.69) is 23.5 Å². The molecule has 0 saturated heterocycles. The number of nitrogens with one attached hydrogen (secondary N) is 1. The summed E-state index contributed by atoms with van der Waals surface area (Å²) in [5, 5.41) is 3.46. The number of fused-ring (bicyclic) bond motifs is 1. The smallest absolute Gasteiger partial charge is 0.142 e. The Labute approximate surface area is 84.3 Å². The number of anilines is 1. The summed E-state index contributed by atoms with van der Waals surface area (Å²) in [6, 6.07) is 6.41. The average Bonchev–Trinajstić information content (AvgIpc) is 2.16. The molecule has 1 aromatic carbocycles. The Morgan fingerprint density at radius 1 is 1.29 bits per heavy atom. The molecule has 0 spiro atoms. The lowest BCUT2D eigenvalue weighted by atomic mass is 9.79. The van der Waals surface area contributed by atoms with E-state index in [9.17, 15) is 0 Å². The van der Waals surface area contributed by atoms with Crippen molar-refractivity contribution in [2.75, 3.05) is 18.5 Å². The Morgan fingerprint density at radius 2 is 2.21 bits per heavy atom. The topological polar surface area (TPSA) is 21.3 Å². The minimum Gasteiger partial charge on any atom is -0.490 e. The molecule has 0 aromatic heterocycles. The highest BCUT2D eigenvalue weighted by molar-refractivity contribution is 5.64. The molecule has 0 radical (unpaired) electrons. The van der Waals surface area contributed by atoms with E-state index in [0.717, 1.165) is 24.8 Å². The molecule has 1 aliphatic heterocycles. The van der Waals surface area contributed by atoms with Crippen LogP contribution < -0.4 is 10.1 Å². The second kappa shape index (κ2) is 3.19. The molecule has 2 aliphatic rings. The summed E-state index contributed by atoms with van der Waals surface area (Å²) in [5.41, 5.74) is 2.72. The van der Waals surface area contributed by atoms with Crippen molar-refractivity contribution in [2.24, 2.45) is 0 Å². The fourth-order valence-electron chi connectivity index (χ4n) is 2.25. The van der Waals surface area contributed by atoms with Gasteiger partial charge in [-0.25, -0.2) is 0 Å². The van der Waals surface area contributed by atoms with E-state index in [4.69, 9.17) is 4.74 Å². The summed E-state index contributed by atoms with van der Waals surface area (Å²) < 4.78 is 5.62. The average molecular weight is 189 g/mol. The van der Waals surface area contributed by atoms with Crippen molar-refractivity contribution in [3.05, 3.63) is 23.8 Å². The van der Waals surface area contributed by atoms with E-state index in [1.807, 2.05) is 0 Å². The summed E-state index contributed by atoms with van der Waals surface area (Å²) >= 11 is 0. The van der Waals surface area contributed by atoms with Gasteiger partial charge in [0.05, 0.1) is 5.69 Å². The van der Waals surface area contributed by atoms with E-state index in [0.29, 0.717) is 0 Å². The highest BCUT2D eigenvalue weighted by Crippen LogP contribution is 2.43. The summed E-state index contributed by atoms with van der Waals surface area (Å²) in [7, 11) is 0. The standard InChI is InChI=1S/C12H15NO/c1-3-9(4-1)10-5-2-6-11-12(10)13-7-8-14-11/h2,5-6,9,13H,1,3-4,7-8H2. The quantitative estimate of drug-likeness (QED) is 0.733. The van der Waals surface area contributed by atoms with Crippen molar-refractivity contribution in [1.82, 2.24) is 0 Å². The van der Waals surface area contributed by atoms with Gasteiger partial charge in [0.1, 0.15) is 12.4 Å². The monoisotopic (exact) mass is 189 g/mol. The number of ether oxygens (including phenoxy) is 1. The third kappa shape index (κ3) is 1.17. The minimum atomic E-state index is 0.777. The van der Waals surface area contributed by atoms with Crippen LogP contribution in [0.3, 0.4) is 0 Å². The molecule has 1 fully saturated rings. The van der Waals surface area contributed by atoms with Crippen LogP contribution in [0.25, 0.3) is 0 Å². The summed E-state index contributed by atoms with van der Waals surface area (Å²) in [6.07, 6.45) is 4.07. The van der Waals surface area contributed by atoms with Gasteiger partial charge in [-0.05, 0) is 30.4 Å². The number of hydrogen-bond donors (Lipinski definition) is 1. The third-order valence-corrected chi connectivity index (χ3v) is 3.26. The zero-order chi connectivity index (χ0) is 9.38. The first kappa shape index (κ1) is 8.16. The lowest BCUT2D eigenvalue weighted by Gasteiger charge is -2.30. The molecule has 14 heavy (non-hydrogen) atoms. The molecule has 0 amide bonds. The van der Waals surface area contributed by atoms with Gasteiger partial charge in [-0.15, -0.1) is 0 Å². The first-order valence-electron chi connectivity index (χ1n) is 5.45. The fraction of sp³-hybridized carbons (Fsp3) is 0.500. The van der Waals surface area contributed by atoms with Crippen molar-refractivity contribution >= 4 is 5.69 Å². The predicted molar refractivity (Wildman–Crippen MR) is 57.0 cm³/mol. The van der Waals surface area contributed by atoms with Gasteiger partial charge in [0, 0.05) is 6.54 Å². The summed E-state index contributed by atoms with van der Waals surface area (Å²) in [6.45, 7) is 1.73. The number of hydrogen-bond acceptors (Lipinski definition) is 2. The zero-order valence-corrected chi connectivity index (χ0v) is 8.25. The fourth-order valence-corrected chi connectivity index (χ4v) is 2.25. The molecule has 3 rings (SSSR count). The second-order valence-corrected chi connectivity index (χ2v) is 4.12. The Kier molecular flexibility index (Phi) is 1.86. The van der Waals surface area contributed by atoms with Gasteiger partial charge in [-0.3, -0.25) is 0 Å². The highest BCUT2D eigenvalue weighted by atomic mass is 16.5. The largest absolute Gasteiger partial charge is 0.490 e. The van der Waals surface area contributed by atoms with Crippen LogP contribution in [-0.4, -0.2) is 13.2 Å². The van der Waals surface area contributed by atoms with E-state index in [-0.39, 0.29) is 0 Å². The molecule has 0 unspecified atom stereocenters. The normalized spacial score (nSPS) is 20.3. The van der Waals surface area contributed by atoms with Gasteiger partial charge in [-0.1, -0.05) is 18.6 Å². The second-order valence-electron chi connectivity index (χ2n) is 4.12. The zero-order valence-electron chi connectivity index (χ0n) is 8.25. The van der Waals surface area contributed by atoms with Crippen LogP contribution in [0.1, 0.15) is 30.7 Å². The van der Waals surface area contributed by atoms with E-state index >= 15 is 0 Å². The van der Waals surface area contributed by atoms with Gasteiger partial charge in [0.15, 0.2) is 0 Å². The maximum atomic E-state index is 5.62. The third-order valence-electron chi connectivity index (χ3n) is 3.26. The molecule has 74 valence electrons. The van der Waals surface area contributed by atoms with Crippen molar-refractivity contribution in [2.45, 2.75) is 25.2 Å². The van der Waals surface area contributed by atoms with Gasteiger partial charge in [-0.2, -0.15) is 0 Å². The van der Waals surface area contributed by atoms with Gasteiger partial charge in [0.2, 0.25) is 0 Å². The van der Waals surface area contributed by atoms with Crippen molar-refractivity contribution in [3.8, 4) is 5.75 Å². The number of rotatable bonds is 1. The molecule has 1 heterocycles. The Bertz CT molecular complexity index is 344. The first-order chi connectivity index (χ1) is 6.95. The maximum Gasteiger partial charge on any atom is 0.142 e. The van der Waals surface area contributed by atoms with Crippen molar-refractivity contribution in [3.63, 3.8) is 0 Å². The number of benzene rings is 1. The molecule has 1 aromatic rings. The summed E-state index contributed by atoms with van der Waals surface area (Å²) in [5.74, 6) is 1.82. The van der Waals surface area contributed by atoms with Gasteiger partial charge < -0.3 is 10.1 Å². The van der Waals surface area contributed by atoms with Crippen LogP contribution in [-0.2, 0) is 0 Å². The molecule has 1 saturated carbocycles. The molecular weight excluding hydrogens is 174 g/mol. The Balaban J connectivity index is 2.01. The molecular formula is C12H15NO. The van der Waals surface area contributed by atoms with Crippen LogP contribution in [0.4, 0.5) is 5.69 Å². The predicted octanol–water partition coefficient (Wildman–Crippen LogP) is 2.76. The van der Waals surface area contributed by atoms with Crippen molar-refractivity contribution in [1.29, 1.82) is 0 Å². The highest BCUT2D eigenvalue weighted by Gasteiger charge is 2.24. The Morgan fingerprint density at radius 3 is 3.00 bits per heavy atom. The Hall–Kier alpha value is -1.18. The molecule has 0 atom stereocenters. The van der Waals surface area contributed by atoms with Crippen LogP contribution in [0.5, 0.6) is 5.75 Å². The summed E-state index contributed by atoms with van der Waals surface area (Å²) in [4.78, 5) is 0. The molecule has 2 nitrogen and oxygen atoms in total.